The van der Waals surface area contributed by atoms with Gasteiger partial charge >= 0.3 is 0 Å². The highest BCUT2D eigenvalue weighted by Crippen LogP contribution is 2.20. The molecule has 0 radical (unpaired) electrons. The molecule has 2 amide bonds. The predicted octanol–water partition coefficient (Wildman–Crippen LogP) is 5.69. The monoisotopic (exact) mass is 466 g/mol. The van der Waals surface area contributed by atoms with E-state index in [1.54, 1.807) is 0 Å². The second kappa shape index (κ2) is 9.85. The molecule has 0 bridgehead atoms. The highest BCUT2D eigenvalue weighted by molar-refractivity contribution is 6.31. The molecule has 0 heterocycles. The molecule has 0 unspecified atom stereocenters. The number of nitrogens with one attached hydrogen (secondary N) is 1. The average molecular weight is 467 g/mol. The van der Waals surface area contributed by atoms with E-state index in [0.717, 1.165) is 23.1 Å². The molecule has 1 N–H and O–H groups in total. The standard InChI is InChI=1S/C22H15Cl2F3N2O2/c23-15-3-1-14(2-4-15)22(31)29(11-13-7-16(25)9-17(26)8-13)12-21(30)28-18-5-6-20(27)19(24)10-18/h1-10H,11-12H2,(H,28,30). The van der Waals surface area contributed by atoms with Gasteiger partial charge in [-0.05, 0) is 60.2 Å². The van der Waals surface area contributed by atoms with Crippen molar-refractivity contribution in [1.29, 1.82) is 0 Å². The number of carbonyl (C=O) groups is 2. The Morgan fingerprint density at radius 3 is 2.13 bits per heavy atom. The van der Waals surface area contributed by atoms with E-state index < -0.39 is 35.8 Å². The van der Waals surface area contributed by atoms with Crippen LogP contribution in [0.3, 0.4) is 0 Å². The van der Waals surface area contributed by atoms with Gasteiger partial charge in [-0.15, -0.1) is 0 Å². The van der Waals surface area contributed by atoms with Crippen molar-refractivity contribution in [3.8, 4) is 0 Å². The fourth-order valence-corrected chi connectivity index (χ4v) is 3.15. The molecule has 3 aromatic rings. The fraction of sp³-hybridized carbons (Fsp3) is 0.0909. The SMILES string of the molecule is O=C(CN(Cc1cc(F)cc(F)c1)C(=O)c1ccc(Cl)cc1)Nc1ccc(F)c(Cl)c1. The zero-order valence-corrected chi connectivity index (χ0v) is 17.4. The van der Waals surface area contributed by atoms with Gasteiger partial charge in [-0.1, -0.05) is 23.2 Å². The molecule has 0 saturated carbocycles. The molecule has 31 heavy (non-hydrogen) atoms. The molecule has 0 spiro atoms. The Hall–Kier alpha value is -3.03. The number of hydrogen-bond donors (Lipinski definition) is 1. The molecular formula is C22H15Cl2F3N2O2. The average Bonchev–Trinajstić information content (AvgIpc) is 2.69. The van der Waals surface area contributed by atoms with Crippen LogP contribution >= 0.6 is 23.2 Å². The van der Waals surface area contributed by atoms with Crippen molar-refractivity contribution in [1.82, 2.24) is 4.90 Å². The number of hydrogen-bond acceptors (Lipinski definition) is 2. The van der Waals surface area contributed by atoms with Crippen LogP contribution in [0.5, 0.6) is 0 Å². The summed E-state index contributed by atoms with van der Waals surface area (Å²) in [5, 5.41) is 2.75. The highest BCUT2D eigenvalue weighted by atomic mass is 35.5. The first-order chi connectivity index (χ1) is 14.7. The number of benzene rings is 3. The molecule has 0 saturated heterocycles. The summed E-state index contributed by atoms with van der Waals surface area (Å²) < 4.78 is 40.5. The van der Waals surface area contributed by atoms with Crippen molar-refractivity contribution in [3.63, 3.8) is 0 Å². The minimum atomic E-state index is -0.806. The van der Waals surface area contributed by atoms with Crippen LogP contribution in [0.2, 0.25) is 10.0 Å². The van der Waals surface area contributed by atoms with Gasteiger partial charge in [0.25, 0.3) is 5.91 Å². The van der Waals surface area contributed by atoms with Gasteiger partial charge in [0, 0.05) is 28.9 Å². The number of amides is 2. The summed E-state index contributed by atoms with van der Waals surface area (Å²) in [7, 11) is 0. The molecule has 0 aliphatic heterocycles. The number of rotatable bonds is 6. The van der Waals surface area contributed by atoms with Crippen LogP contribution in [-0.2, 0) is 11.3 Å². The van der Waals surface area contributed by atoms with Crippen LogP contribution in [0.15, 0.2) is 60.7 Å². The van der Waals surface area contributed by atoms with Crippen molar-refractivity contribution < 1.29 is 22.8 Å². The van der Waals surface area contributed by atoms with Crippen LogP contribution in [0.1, 0.15) is 15.9 Å². The molecule has 3 rings (SSSR count). The van der Waals surface area contributed by atoms with E-state index in [9.17, 15) is 22.8 Å². The van der Waals surface area contributed by atoms with Crippen molar-refractivity contribution in [3.05, 3.63) is 99.3 Å². The zero-order valence-electron chi connectivity index (χ0n) is 15.8. The number of anilines is 1. The summed E-state index contributed by atoms with van der Waals surface area (Å²) in [5.74, 6) is -3.42. The molecule has 4 nitrogen and oxygen atoms in total. The van der Waals surface area contributed by atoms with Gasteiger partial charge in [-0.25, -0.2) is 13.2 Å². The number of nitrogens with zero attached hydrogens (tertiary/aromatic N) is 1. The van der Waals surface area contributed by atoms with Crippen molar-refractivity contribution in [2.45, 2.75) is 6.54 Å². The second-order valence-electron chi connectivity index (χ2n) is 6.62. The van der Waals surface area contributed by atoms with Gasteiger partial charge in [-0.2, -0.15) is 0 Å². The fourth-order valence-electron chi connectivity index (χ4n) is 2.84. The predicted molar refractivity (Wildman–Crippen MR) is 113 cm³/mol. The quantitative estimate of drug-likeness (QED) is 0.507. The van der Waals surface area contributed by atoms with Crippen LogP contribution < -0.4 is 5.32 Å². The summed E-state index contributed by atoms with van der Waals surface area (Å²) in [6.07, 6.45) is 0. The maximum atomic E-state index is 13.6. The topological polar surface area (TPSA) is 49.4 Å². The number of halogens is 5. The van der Waals surface area contributed by atoms with Gasteiger partial charge in [-0.3, -0.25) is 9.59 Å². The molecule has 9 heteroatoms. The Morgan fingerprint density at radius 2 is 1.52 bits per heavy atom. The van der Waals surface area contributed by atoms with E-state index in [0.29, 0.717) is 11.1 Å². The van der Waals surface area contributed by atoms with E-state index in [1.165, 1.54) is 36.4 Å². The first-order valence-corrected chi connectivity index (χ1v) is 9.71. The Balaban J connectivity index is 1.83. The van der Waals surface area contributed by atoms with Gasteiger partial charge in [0.05, 0.1) is 5.02 Å². The van der Waals surface area contributed by atoms with Gasteiger partial charge in [0.15, 0.2) is 0 Å². The summed E-state index contributed by atoms with van der Waals surface area (Å²) in [5.41, 5.74) is 0.628. The molecule has 0 fully saturated rings. The summed E-state index contributed by atoms with van der Waals surface area (Å²) in [4.78, 5) is 26.6. The van der Waals surface area contributed by atoms with Gasteiger partial charge in [0.1, 0.15) is 24.0 Å². The molecule has 160 valence electrons. The largest absolute Gasteiger partial charge is 0.325 e. The maximum absolute atomic E-state index is 13.6. The third-order valence-corrected chi connectivity index (χ3v) is 4.75. The molecule has 0 atom stereocenters. The van der Waals surface area contributed by atoms with Crippen molar-refractivity contribution in [2.75, 3.05) is 11.9 Å². The molecule has 0 aromatic heterocycles. The Labute approximate surface area is 186 Å². The maximum Gasteiger partial charge on any atom is 0.254 e. The van der Waals surface area contributed by atoms with E-state index in [1.807, 2.05) is 0 Å². The lowest BCUT2D eigenvalue weighted by Gasteiger charge is -2.23. The van der Waals surface area contributed by atoms with E-state index >= 15 is 0 Å². The van der Waals surface area contributed by atoms with Gasteiger partial charge < -0.3 is 10.2 Å². The summed E-state index contributed by atoms with van der Waals surface area (Å²) in [6.45, 7) is -0.664. The van der Waals surface area contributed by atoms with Crippen LogP contribution in [-0.4, -0.2) is 23.3 Å². The van der Waals surface area contributed by atoms with Crippen molar-refractivity contribution in [2.24, 2.45) is 0 Å². The summed E-state index contributed by atoms with van der Waals surface area (Å²) >= 11 is 11.6. The third-order valence-electron chi connectivity index (χ3n) is 4.21. The first kappa shape index (κ1) is 22.7. The van der Waals surface area contributed by atoms with E-state index in [-0.39, 0.29) is 28.4 Å². The molecule has 0 aliphatic carbocycles. The molecular weight excluding hydrogens is 452 g/mol. The molecule has 0 aliphatic rings. The Bertz CT molecular complexity index is 1100. The van der Waals surface area contributed by atoms with E-state index in [4.69, 9.17) is 23.2 Å². The summed E-state index contributed by atoms with van der Waals surface area (Å²) in [6, 6.07) is 12.4. The third kappa shape index (κ3) is 6.23. The van der Waals surface area contributed by atoms with Crippen LogP contribution in [0, 0.1) is 17.5 Å². The van der Waals surface area contributed by atoms with E-state index in [2.05, 4.69) is 5.32 Å². The second-order valence-corrected chi connectivity index (χ2v) is 7.47. The van der Waals surface area contributed by atoms with Gasteiger partial charge in [0.2, 0.25) is 5.91 Å². The minimum absolute atomic E-state index is 0.164. The lowest BCUT2D eigenvalue weighted by Crippen LogP contribution is -2.37. The Morgan fingerprint density at radius 1 is 0.871 bits per heavy atom. The number of carbonyl (C=O) groups excluding carboxylic acids is 2. The van der Waals surface area contributed by atoms with Crippen LogP contribution in [0.25, 0.3) is 0 Å². The lowest BCUT2D eigenvalue weighted by molar-refractivity contribution is -0.117. The normalized spacial score (nSPS) is 10.6. The zero-order chi connectivity index (χ0) is 22.5. The highest BCUT2D eigenvalue weighted by Gasteiger charge is 2.20. The lowest BCUT2D eigenvalue weighted by atomic mass is 10.1. The first-order valence-electron chi connectivity index (χ1n) is 8.96. The molecule has 3 aromatic carbocycles. The van der Waals surface area contributed by atoms with Crippen molar-refractivity contribution >= 4 is 40.7 Å². The Kier molecular flexibility index (Phi) is 7.20. The van der Waals surface area contributed by atoms with Crippen LogP contribution in [0.4, 0.5) is 18.9 Å². The minimum Gasteiger partial charge on any atom is -0.325 e. The smallest absolute Gasteiger partial charge is 0.254 e.